The van der Waals surface area contributed by atoms with Crippen molar-refractivity contribution in [2.45, 2.75) is 63.8 Å². The smallest absolute Gasteiger partial charge is 0.107 e. The lowest BCUT2D eigenvalue weighted by Crippen LogP contribution is -2.33. The minimum absolute atomic E-state index is 0.483. The fourth-order valence-electron chi connectivity index (χ4n) is 3.19. The van der Waals surface area contributed by atoms with Crippen LogP contribution in [0.25, 0.3) is 0 Å². The summed E-state index contributed by atoms with van der Waals surface area (Å²) in [6, 6.07) is 1.21. The van der Waals surface area contributed by atoms with Gasteiger partial charge >= 0.3 is 0 Å². The highest BCUT2D eigenvalue weighted by Gasteiger charge is 2.47. The second-order valence-corrected chi connectivity index (χ2v) is 5.98. The third kappa shape index (κ3) is 2.08. The van der Waals surface area contributed by atoms with Gasteiger partial charge in [0.25, 0.3) is 0 Å². The molecule has 3 rings (SSSR count). The molecule has 0 amide bonds. The van der Waals surface area contributed by atoms with Crippen LogP contribution in [0.2, 0.25) is 0 Å². The van der Waals surface area contributed by atoms with Crippen molar-refractivity contribution in [3.8, 4) is 0 Å². The molecule has 0 bridgehead atoms. The molecule has 2 fully saturated rings. The number of aromatic nitrogens is 2. The molecule has 18 heavy (non-hydrogen) atoms. The first-order valence-corrected chi connectivity index (χ1v) is 7.13. The highest BCUT2D eigenvalue weighted by molar-refractivity contribution is 5.20. The van der Waals surface area contributed by atoms with Crippen LogP contribution in [-0.2, 0) is 12.1 Å². The number of nitrogens with zero attached hydrogens (tertiary/aromatic N) is 3. The number of likely N-dealkylation sites (tertiary alicyclic amines) is 1. The Morgan fingerprint density at radius 3 is 2.94 bits per heavy atom. The summed E-state index contributed by atoms with van der Waals surface area (Å²) in [6.07, 6.45) is 8.38. The summed E-state index contributed by atoms with van der Waals surface area (Å²) in [5.74, 6) is 0. The Kier molecular flexibility index (Phi) is 2.94. The van der Waals surface area contributed by atoms with E-state index in [0.29, 0.717) is 6.04 Å². The van der Waals surface area contributed by atoms with Crippen molar-refractivity contribution >= 4 is 0 Å². The zero-order valence-electron chi connectivity index (χ0n) is 11.3. The number of aryl methyl sites for hydroxylation is 1. The van der Waals surface area contributed by atoms with Gasteiger partial charge in [-0.15, -0.1) is 0 Å². The minimum atomic E-state index is -0.687. The van der Waals surface area contributed by atoms with E-state index >= 15 is 0 Å². The summed E-state index contributed by atoms with van der Waals surface area (Å²) in [7, 11) is 0. The molecule has 1 saturated heterocycles. The molecule has 1 saturated carbocycles. The predicted molar refractivity (Wildman–Crippen MR) is 70.2 cm³/mol. The Morgan fingerprint density at radius 1 is 1.50 bits per heavy atom. The quantitative estimate of drug-likeness (QED) is 0.883. The van der Waals surface area contributed by atoms with Crippen LogP contribution in [0.1, 0.15) is 45.1 Å². The van der Waals surface area contributed by atoms with E-state index < -0.39 is 5.60 Å². The number of hydrogen-bond acceptors (Lipinski definition) is 3. The molecule has 1 N–H and O–H groups in total. The van der Waals surface area contributed by atoms with E-state index in [1.54, 1.807) is 0 Å². The van der Waals surface area contributed by atoms with Crippen LogP contribution in [-0.4, -0.2) is 38.4 Å². The van der Waals surface area contributed by atoms with Crippen molar-refractivity contribution in [1.82, 2.24) is 14.7 Å². The van der Waals surface area contributed by atoms with Crippen LogP contribution >= 0.6 is 0 Å². The highest BCUT2D eigenvalue weighted by Crippen LogP contribution is 2.41. The average Bonchev–Trinajstić information content (AvgIpc) is 2.97. The Balaban J connectivity index is 1.77. The maximum atomic E-state index is 10.9. The summed E-state index contributed by atoms with van der Waals surface area (Å²) in [5.41, 5.74) is 0.305. The van der Waals surface area contributed by atoms with Crippen molar-refractivity contribution in [1.29, 1.82) is 0 Å². The van der Waals surface area contributed by atoms with Gasteiger partial charge in [0.15, 0.2) is 0 Å². The molecular formula is C14H23N3O. The largest absolute Gasteiger partial charge is 0.384 e. The molecule has 2 heterocycles. The monoisotopic (exact) mass is 249 g/mol. The van der Waals surface area contributed by atoms with Gasteiger partial charge in [0.1, 0.15) is 5.60 Å². The maximum Gasteiger partial charge on any atom is 0.107 e. The lowest BCUT2D eigenvalue weighted by Gasteiger charge is -2.22. The van der Waals surface area contributed by atoms with E-state index in [-0.39, 0.29) is 0 Å². The van der Waals surface area contributed by atoms with E-state index in [1.165, 1.54) is 12.8 Å². The molecule has 1 aliphatic carbocycles. The molecule has 4 heteroatoms. The SMILES string of the molecule is CCCn1cc(C2(O)CC(C)N(C3CC3)C2)cn1. The number of hydrogen-bond donors (Lipinski definition) is 1. The summed E-state index contributed by atoms with van der Waals surface area (Å²) in [5, 5.41) is 15.2. The van der Waals surface area contributed by atoms with Gasteiger partial charge < -0.3 is 5.11 Å². The maximum absolute atomic E-state index is 10.9. The van der Waals surface area contributed by atoms with E-state index in [4.69, 9.17) is 0 Å². The van der Waals surface area contributed by atoms with Crippen molar-refractivity contribution in [2.75, 3.05) is 6.54 Å². The van der Waals surface area contributed by atoms with Crippen molar-refractivity contribution in [3.05, 3.63) is 18.0 Å². The molecule has 2 unspecified atom stereocenters. The first kappa shape index (κ1) is 12.2. The third-order valence-electron chi connectivity index (χ3n) is 4.28. The van der Waals surface area contributed by atoms with Gasteiger partial charge in [0.2, 0.25) is 0 Å². The van der Waals surface area contributed by atoms with E-state index in [0.717, 1.165) is 37.5 Å². The Bertz CT molecular complexity index is 426. The summed E-state index contributed by atoms with van der Waals surface area (Å²) < 4.78 is 1.94. The molecule has 0 radical (unpaired) electrons. The molecule has 2 atom stereocenters. The molecule has 0 aromatic carbocycles. The molecule has 1 aromatic rings. The second-order valence-electron chi connectivity index (χ2n) is 5.98. The summed E-state index contributed by atoms with van der Waals surface area (Å²) in [4.78, 5) is 2.47. The Labute approximate surface area is 109 Å². The van der Waals surface area contributed by atoms with Crippen LogP contribution in [0.4, 0.5) is 0 Å². The topological polar surface area (TPSA) is 41.3 Å². The Hall–Kier alpha value is -0.870. The molecule has 100 valence electrons. The zero-order valence-corrected chi connectivity index (χ0v) is 11.3. The van der Waals surface area contributed by atoms with Crippen LogP contribution in [0.3, 0.4) is 0 Å². The molecular weight excluding hydrogens is 226 g/mol. The van der Waals surface area contributed by atoms with Crippen molar-refractivity contribution in [2.24, 2.45) is 0 Å². The third-order valence-corrected chi connectivity index (χ3v) is 4.28. The summed E-state index contributed by atoms with van der Waals surface area (Å²) >= 11 is 0. The molecule has 0 spiro atoms. The number of aliphatic hydroxyl groups is 1. The molecule has 2 aliphatic rings. The van der Waals surface area contributed by atoms with Crippen LogP contribution in [0, 0.1) is 0 Å². The van der Waals surface area contributed by atoms with E-state index in [9.17, 15) is 5.11 Å². The zero-order chi connectivity index (χ0) is 12.8. The van der Waals surface area contributed by atoms with Crippen LogP contribution in [0.15, 0.2) is 12.4 Å². The summed E-state index contributed by atoms with van der Waals surface area (Å²) in [6.45, 7) is 6.07. The highest BCUT2D eigenvalue weighted by atomic mass is 16.3. The number of β-amino-alcohol motifs (C(OH)–C–C–N with tert-alkyl or cyclic N) is 1. The van der Waals surface area contributed by atoms with Crippen LogP contribution < -0.4 is 0 Å². The minimum Gasteiger partial charge on any atom is -0.384 e. The standard InChI is InChI=1S/C14H23N3O/c1-3-6-16-9-12(8-15-16)14(18)7-11(2)17(10-14)13-4-5-13/h8-9,11,13,18H,3-7,10H2,1-2H3. The fourth-order valence-corrected chi connectivity index (χ4v) is 3.19. The first-order chi connectivity index (χ1) is 8.62. The Morgan fingerprint density at radius 2 is 2.28 bits per heavy atom. The molecule has 4 nitrogen and oxygen atoms in total. The van der Waals surface area contributed by atoms with E-state index in [1.807, 2.05) is 17.1 Å². The van der Waals surface area contributed by atoms with E-state index in [2.05, 4.69) is 23.8 Å². The van der Waals surface area contributed by atoms with Gasteiger partial charge in [0, 0.05) is 36.9 Å². The molecule has 1 aromatic heterocycles. The number of rotatable bonds is 4. The van der Waals surface area contributed by atoms with Gasteiger partial charge in [0.05, 0.1) is 6.20 Å². The van der Waals surface area contributed by atoms with Gasteiger partial charge in [-0.25, -0.2) is 0 Å². The molecule has 1 aliphatic heterocycles. The van der Waals surface area contributed by atoms with Gasteiger partial charge in [-0.2, -0.15) is 5.10 Å². The fraction of sp³-hybridized carbons (Fsp3) is 0.786. The first-order valence-electron chi connectivity index (χ1n) is 7.13. The average molecular weight is 249 g/mol. The van der Waals surface area contributed by atoms with Crippen molar-refractivity contribution < 1.29 is 5.11 Å². The van der Waals surface area contributed by atoms with Gasteiger partial charge in [-0.3, -0.25) is 9.58 Å². The van der Waals surface area contributed by atoms with Gasteiger partial charge in [-0.1, -0.05) is 6.92 Å². The van der Waals surface area contributed by atoms with Crippen LogP contribution in [0.5, 0.6) is 0 Å². The van der Waals surface area contributed by atoms with Crippen molar-refractivity contribution in [3.63, 3.8) is 0 Å². The predicted octanol–water partition coefficient (Wildman–Crippen LogP) is 1.74. The normalized spacial score (nSPS) is 33.2. The lowest BCUT2D eigenvalue weighted by atomic mass is 9.94. The lowest BCUT2D eigenvalue weighted by molar-refractivity contribution is 0.0450. The van der Waals surface area contributed by atoms with Gasteiger partial charge in [-0.05, 0) is 32.6 Å². The second kappa shape index (κ2) is 4.35.